The summed E-state index contributed by atoms with van der Waals surface area (Å²) >= 11 is 0. The minimum atomic E-state index is -0.0442. The van der Waals surface area contributed by atoms with Crippen LogP contribution in [0, 0.1) is 6.92 Å². The molecule has 0 spiro atoms. The lowest BCUT2D eigenvalue weighted by molar-refractivity contribution is 0.311. The van der Waals surface area contributed by atoms with Gasteiger partial charge in [-0.25, -0.2) is 4.98 Å². The molecular weight excluding hydrogens is 226 g/mol. The molecule has 0 amide bonds. The summed E-state index contributed by atoms with van der Waals surface area (Å²) in [6, 6.07) is 6.38. The zero-order chi connectivity index (χ0) is 13.3. The second-order valence-electron chi connectivity index (χ2n) is 5.15. The number of aromatic nitrogens is 1. The minimum Gasteiger partial charge on any atom is -0.441 e. The van der Waals surface area contributed by atoms with E-state index in [2.05, 4.69) is 41.6 Å². The molecule has 2 rings (SSSR count). The molecule has 4 nitrogen and oxygen atoms in total. The summed E-state index contributed by atoms with van der Waals surface area (Å²) in [7, 11) is 3.95. The Hall–Kier alpha value is -1.39. The summed E-state index contributed by atoms with van der Waals surface area (Å²) in [4.78, 5) is 4.32. The zero-order valence-corrected chi connectivity index (χ0v) is 11.7. The van der Waals surface area contributed by atoms with E-state index in [0.29, 0.717) is 5.89 Å². The van der Waals surface area contributed by atoms with Gasteiger partial charge in [-0.3, -0.25) is 0 Å². The number of nitrogens with zero attached hydrogens (tertiary/aromatic N) is 1. The molecule has 0 aliphatic carbocycles. The number of aryl methyl sites for hydroxylation is 1. The molecule has 0 fully saturated rings. The molecule has 0 radical (unpaired) electrons. The molecular formula is C14H21N3O. The van der Waals surface area contributed by atoms with Crippen molar-refractivity contribution < 1.29 is 4.42 Å². The van der Waals surface area contributed by atoms with Crippen molar-refractivity contribution in [2.24, 2.45) is 0 Å². The molecule has 0 saturated carbocycles. The number of oxazole rings is 1. The monoisotopic (exact) mass is 247 g/mol. The average molecular weight is 247 g/mol. The van der Waals surface area contributed by atoms with Crippen LogP contribution in [0.2, 0.25) is 0 Å². The molecule has 1 unspecified atom stereocenters. The van der Waals surface area contributed by atoms with Gasteiger partial charge in [0.05, 0.1) is 0 Å². The third-order valence-corrected chi connectivity index (χ3v) is 3.51. The fourth-order valence-corrected chi connectivity index (χ4v) is 2.32. The van der Waals surface area contributed by atoms with Gasteiger partial charge >= 0.3 is 0 Å². The van der Waals surface area contributed by atoms with Crippen molar-refractivity contribution in [2.45, 2.75) is 32.4 Å². The number of benzene rings is 1. The summed E-state index contributed by atoms with van der Waals surface area (Å²) in [5.41, 5.74) is 2.91. The first kappa shape index (κ1) is 13.1. The highest BCUT2D eigenvalue weighted by Gasteiger charge is 2.28. The largest absolute Gasteiger partial charge is 0.441 e. The SMILES string of the molecule is CNC(c1ccc2nc(C)oc2c1)C(C)(C)NC. The normalized spacial score (nSPS) is 14.1. The van der Waals surface area contributed by atoms with Crippen LogP contribution in [0.3, 0.4) is 0 Å². The Morgan fingerprint density at radius 2 is 2.00 bits per heavy atom. The maximum Gasteiger partial charge on any atom is 0.192 e. The topological polar surface area (TPSA) is 50.1 Å². The summed E-state index contributed by atoms with van der Waals surface area (Å²) in [6.07, 6.45) is 0. The number of fused-ring (bicyclic) bond motifs is 1. The summed E-state index contributed by atoms with van der Waals surface area (Å²) in [6.45, 7) is 6.21. The number of hydrogen-bond acceptors (Lipinski definition) is 4. The van der Waals surface area contributed by atoms with Crippen LogP contribution >= 0.6 is 0 Å². The number of nitrogens with one attached hydrogen (secondary N) is 2. The van der Waals surface area contributed by atoms with Gasteiger partial charge in [0.15, 0.2) is 11.5 Å². The van der Waals surface area contributed by atoms with Gasteiger partial charge in [0.25, 0.3) is 0 Å². The summed E-state index contributed by atoms with van der Waals surface area (Å²) < 4.78 is 5.59. The van der Waals surface area contributed by atoms with Gasteiger partial charge in [-0.1, -0.05) is 6.07 Å². The van der Waals surface area contributed by atoms with E-state index >= 15 is 0 Å². The lowest BCUT2D eigenvalue weighted by atomic mass is 9.89. The Morgan fingerprint density at radius 3 is 2.61 bits per heavy atom. The average Bonchev–Trinajstić information content (AvgIpc) is 2.69. The highest BCUT2D eigenvalue weighted by Crippen LogP contribution is 2.27. The van der Waals surface area contributed by atoms with Crippen LogP contribution in [-0.4, -0.2) is 24.6 Å². The molecule has 1 atom stereocenters. The third kappa shape index (κ3) is 2.26. The molecule has 1 aromatic carbocycles. The van der Waals surface area contributed by atoms with Crippen LogP contribution in [0.5, 0.6) is 0 Å². The molecule has 1 aromatic heterocycles. The molecule has 0 saturated heterocycles. The van der Waals surface area contributed by atoms with Crippen LogP contribution in [0.1, 0.15) is 31.3 Å². The van der Waals surface area contributed by atoms with Crippen LogP contribution in [0.4, 0.5) is 0 Å². The van der Waals surface area contributed by atoms with Crippen molar-refractivity contribution in [3.05, 3.63) is 29.7 Å². The van der Waals surface area contributed by atoms with Gasteiger partial charge in [-0.2, -0.15) is 0 Å². The summed E-state index contributed by atoms with van der Waals surface area (Å²) in [5, 5.41) is 6.69. The Bertz CT molecular complexity index is 545. The van der Waals surface area contributed by atoms with Gasteiger partial charge in [-0.15, -0.1) is 0 Å². The number of likely N-dealkylation sites (N-methyl/N-ethyl adjacent to an activating group) is 2. The van der Waals surface area contributed by atoms with Crippen molar-refractivity contribution in [2.75, 3.05) is 14.1 Å². The van der Waals surface area contributed by atoms with Gasteiger partial charge in [0.2, 0.25) is 0 Å². The highest BCUT2D eigenvalue weighted by atomic mass is 16.3. The number of hydrogen-bond donors (Lipinski definition) is 2. The zero-order valence-electron chi connectivity index (χ0n) is 11.7. The standard InChI is InChI=1S/C14H21N3O/c1-9-17-11-7-6-10(8-12(11)18-9)13(15-4)14(2,3)16-5/h6-8,13,15-16H,1-5H3. The van der Waals surface area contributed by atoms with Gasteiger partial charge < -0.3 is 15.1 Å². The smallest absolute Gasteiger partial charge is 0.192 e. The van der Waals surface area contributed by atoms with Crippen molar-refractivity contribution >= 4 is 11.1 Å². The fraction of sp³-hybridized carbons (Fsp3) is 0.500. The van der Waals surface area contributed by atoms with E-state index in [9.17, 15) is 0 Å². The lowest BCUT2D eigenvalue weighted by Gasteiger charge is -2.34. The minimum absolute atomic E-state index is 0.0442. The predicted molar refractivity (Wildman–Crippen MR) is 73.7 cm³/mol. The van der Waals surface area contributed by atoms with E-state index < -0.39 is 0 Å². The Kier molecular flexibility index (Phi) is 3.41. The Morgan fingerprint density at radius 1 is 1.28 bits per heavy atom. The van der Waals surface area contributed by atoms with Gasteiger partial charge in [-0.05, 0) is 45.6 Å². The fourth-order valence-electron chi connectivity index (χ4n) is 2.32. The maximum absolute atomic E-state index is 5.59. The van der Waals surface area contributed by atoms with Crippen molar-refractivity contribution in [1.82, 2.24) is 15.6 Å². The van der Waals surface area contributed by atoms with Crippen LogP contribution in [-0.2, 0) is 0 Å². The second kappa shape index (κ2) is 4.71. The molecule has 0 aliphatic rings. The van der Waals surface area contributed by atoms with Crippen molar-refractivity contribution in [3.63, 3.8) is 0 Å². The first-order valence-corrected chi connectivity index (χ1v) is 6.21. The van der Waals surface area contributed by atoms with Crippen LogP contribution < -0.4 is 10.6 Å². The first-order valence-electron chi connectivity index (χ1n) is 6.21. The van der Waals surface area contributed by atoms with E-state index in [1.165, 1.54) is 5.56 Å². The summed E-state index contributed by atoms with van der Waals surface area (Å²) in [5.74, 6) is 0.705. The van der Waals surface area contributed by atoms with E-state index in [4.69, 9.17) is 4.42 Å². The van der Waals surface area contributed by atoms with E-state index in [1.807, 2.05) is 27.1 Å². The molecule has 1 heterocycles. The van der Waals surface area contributed by atoms with Gasteiger partial charge in [0.1, 0.15) is 5.52 Å². The molecule has 2 N–H and O–H groups in total. The molecule has 0 aliphatic heterocycles. The van der Waals surface area contributed by atoms with E-state index in [-0.39, 0.29) is 11.6 Å². The quantitative estimate of drug-likeness (QED) is 0.871. The molecule has 0 bridgehead atoms. The number of rotatable bonds is 4. The third-order valence-electron chi connectivity index (χ3n) is 3.51. The first-order chi connectivity index (χ1) is 8.47. The van der Waals surface area contributed by atoms with E-state index in [1.54, 1.807) is 0 Å². The maximum atomic E-state index is 5.59. The Balaban J connectivity index is 2.45. The van der Waals surface area contributed by atoms with Crippen LogP contribution in [0.25, 0.3) is 11.1 Å². The Labute approximate surface area is 108 Å². The van der Waals surface area contributed by atoms with E-state index in [0.717, 1.165) is 11.1 Å². The second-order valence-corrected chi connectivity index (χ2v) is 5.15. The van der Waals surface area contributed by atoms with Gasteiger partial charge in [0, 0.05) is 18.5 Å². The predicted octanol–water partition coefficient (Wildman–Crippen LogP) is 2.39. The lowest BCUT2D eigenvalue weighted by Crippen LogP contribution is -2.47. The van der Waals surface area contributed by atoms with Crippen LogP contribution in [0.15, 0.2) is 22.6 Å². The highest BCUT2D eigenvalue weighted by molar-refractivity contribution is 5.73. The molecule has 4 heteroatoms. The van der Waals surface area contributed by atoms with Crippen molar-refractivity contribution in [3.8, 4) is 0 Å². The molecule has 2 aromatic rings. The molecule has 18 heavy (non-hydrogen) atoms. The van der Waals surface area contributed by atoms with Crippen molar-refractivity contribution in [1.29, 1.82) is 0 Å². The molecule has 98 valence electrons.